The number of pyridine rings is 1. The number of nitrogens with one attached hydrogen (secondary N) is 1. The van der Waals surface area contributed by atoms with E-state index in [1.165, 1.54) is 12.3 Å². The number of nitrogens with zero attached hydrogens (tertiary/aromatic N) is 2. The van der Waals surface area contributed by atoms with Gasteiger partial charge in [-0.05, 0) is 31.1 Å². The number of aldehydes is 1. The van der Waals surface area contributed by atoms with Crippen LogP contribution in [0.15, 0.2) is 28.8 Å². The fourth-order valence-electron chi connectivity index (χ4n) is 1.89. The van der Waals surface area contributed by atoms with Gasteiger partial charge >= 0.3 is 6.18 Å². The molecule has 1 aromatic rings. The average molecular weight is 297 g/mol. The summed E-state index contributed by atoms with van der Waals surface area (Å²) in [6.45, 7) is 2.05. The minimum atomic E-state index is -4.30. The van der Waals surface area contributed by atoms with Crippen molar-refractivity contribution in [2.24, 2.45) is 4.99 Å². The number of halogens is 3. The first-order chi connectivity index (χ1) is 9.90. The molecule has 1 unspecified atom stereocenters. The van der Waals surface area contributed by atoms with Crippen molar-refractivity contribution in [3.05, 3.63) is 35.0 Å². The molecule has 21 heavy (non-hydrogen) atoms. The SMILES string of the molecule is Cc1nc(NCC2=CCC(C(F)(F)F)N=C2)ccc1C=O. The highest BCUT2D eigenvalue weighted by molar-refractivity contribution is 5.81. The van der Waals surface area contributed by atoms with Gasteiger partial charge in [0.05, 0.1) is 5.69 Å². The molecule has 1 atom stereocenters. The topological polar surface area (TPSA) is 54.4 Å². The van der Waals surface area contributed by atoms with Gasteiger partial charge in [0.1, 0.15) is 11.9 Å². The van der Waals surface area contributed by atoms with Crippen molar-refractivity contribution >= 4 is 18.3 Å². The van der Waals surface area contributed by atoms with E-state index >= 15 is 0 Å². The van der Waals surface area contributed by atoms with Gasteiger partial charge < -0.3 is 5.32 Å². The lowest BCUT2D eigenvalue weighted by Crippen LogP contribution is -2.28. The second-order valence-corrected chi connectivity index (χ2v) is 4.69. The first-order valence-corrected chi connectivity index (χ1v) is 6.36. The Kier molecular flexibility index (Phi) is 4.40. The van der Waals surface area contributed by atoms with Gasteiger partial charge in [0.15, 0.2) is 6.29 Å². The summed E-state index contributed by atoms with van der Waals surface area (Å²) in [4.78, 5) is 18.4. The standard InChI is InChI=1S/C14H14F3N3O/c1-9-11(8-21)3-5-13(20-9)19-7-10-2-4-12(18-6-10)14(15,16)17/h2-3,5-6,8,12H,4,7H2,1H3,(H,19,20). The molecule has 0 spiro atoms. The Morgan fingerprint density at radius 1 is 1.43 bits per heavy atom. The molecule has 112 valence electrons. The van der Waals surface area contributed by atoms with Crippen LogP contribution in [0.5, 0.6) is 0 Å². The minimum Gasteiger partial charge on any atom is -0.366 e. The van der Waals surface area contributed by atoms with Crippen LogP contribution in [0.1, 0.15) is 22.5 Å². The largest absolute Gasteiger partial charge is 0.411 e. The highest BCUT2D eigenvalue weighted by atomic mass is 19.4. The first-order valence-electron chi connectivity index (χ1n) is 6.36. The number of anilines is 1. The second-order valence-electron chi connectivity index (χ2n) is 4.69. The Morgan fingerprint density at radius 2 is 2.19 bits per heavy atom. The highest BCUT2D eigenvalue weighted by Gasteiger charge is 2.39. The zero-order valence-corrected chi connectivity index (χ0v) is 11.3. The van der Waals surface area contributed by atoms with E-state index in [1.54, 1.807) is 19.1 Å². The third kappa shape index (κ3) is 3.90. The number of dihydropyridines is 1. The second kappa shape index (κ2) is 6.07. The lowest BCUT2D eigenvalue weighted by Gasteiger charge is -2.18. The van der Waals surface area contributed by atoms with Crippen LogP contribution in [-0.2, 0) is 0 Å². The van der Waals surface area contributed by atoms with E-state index in [1.807, 2.05) is 0 Å². The zero-order chi connectivity index (χ0) is 15.5. The third-order valence-corrected chi connectivity index (χ3v) is 3.13. The summed E-state index contributed by atoms with van der Waals surface area (Å²) in [5.41, 5.74) is 1.78. The highest BCUT2D eigenvalue weighted by Crippen LogP contribution is 2.27. The van der Waals surface area contributed by atoms with Gasteiger partial charge in [-0.25, -0.2) is 4.98 Å². The van der Waals surface area contributed by atoms with Crippen LogP contribution in [0.4, 0.5) is 19.0 Å². The van der Waals surface area contributed by atoms with E-state index in [-0.39, 0.29) is 6.42 Å². The number of hydrogen-bond acceptors (Lipinski definition) is 4. The molecule has 0 saturated heterocycles. The number of aryl methyl sites for hydroxylation is 1. The maximum absolute atomic E-state index is 12.4. The molecule has 7 heteroatoms. The monoisotopic (exact) mass is 297 g/mol. The lowest BCUT2D eigenvalue weighted by atomic mass is 10.1. The number of carbonyl (C=O) groups is 1. The van der Waals surface area contributed by atoms with Crippen LogP contribution in [0.2, 0.25) is 0 Å². The van der Waals surface area contributed by atoms with Crippen molar-refractivity contribution in [2.75, 3.05) is 11.9 Å². The molecule has 0 fully saturated rings. The summed E-state index contributed by atoms with van der Waals surface area (Å²) in [5.74, 6) is 0.561. The molecular weight excluding hydrogens is 283 g/mol. The predicted molar refractivity (Wildman–Crippen MR) is 73.9 cm³/mol. The van der Waals surface area contributed by atoms with Crippen molar-refractivity contribution in [2.45, 2.75) is 25.6 Å². The summed E-state index contributed by atoms with van der Waals surface area (Å²) < 4.78 is 37.3. The number of carbonyl (C=O) groups excluding carboxylic acids is 1. The summed E-state index contributed by atoms with van der Waals surface area (Å²) in [7, 11) is 0. The summed E-state index contributed by atoms with van der Waals surface area (Å²) in [6, 6.07) is 1.64. The molecule has 1 aromatic heterocycles. The van der Waals surface area contributed by atoms with Crippen molar-refractivity contribution < 1.29 is 18.0 Å². The number of rotatable bonds is 4. The van der Waals surface area contributed by atoms with Gasteiger partial charge in [0.2, 0.25) is 0 Å². The van der Waals surface area contributed by atoms with Gasteiger partial charge in [0.25, 0.3) is 0 Å². The molecule has 0 aliphatic carbocycles. The smallest absolute Gasteiger partial charge is 0.366 e. The number of aliphatic imine (C=N–C) groups is 1. The van der Waals surface area contributed by atoms with Gasteiger partial charge in [-0.1, -0.05) is 6.08 Å². The van der Waals surface area contributed by atoms with Crippen LogP contribution in [0.3, 0.4) is 0 Å². The Morgan fingerprint density at radius 3 is 2.71 bits per heavy atom. The van der Waals surface area contributed by atoms with Gasteiger partial charge in [-0.3, -0.25) is 9.79 Å². The maximum atomic E-state index is 12.4. The van der Waals surface area contributed by atoms with Crippen LogP contribution >= 0.6 is 0 Å². The molecule has 4 nitrogen and oxygen atoms in total. The fourth-order valence-corrected chi connectivity index (χ4v) is 1.89. The molecule has 2 heterocycles. The molecular formula is C14H14F3N3O. The van der Waals surface area contributed by atoms with E-state index in [0.717, 1.165) is 6.29 Å². The average Bonchev–Trinajstić information content (AvgIpc) is 2.45. The van der Waals surface area contributed by atoms with E-state index in [4.69, 9.17) is 0 Å². The van der Waals surface area contributed by atoms with Crippen LogP contribution in [0.25, 0.3) is 0 Å². The molecule has 0 radical (unpaired) electrons. The van der Waals surface area contributed by atoms with Crippen molar-refractivity contribution in [3.63, 3.8) is 0 Å². The van der Waals surface area contributed by atoms with Crippen LogP contribution < -0.4 is 5.32 Å². The van der Waals surface area contributed by atoms with Crippen molar-refractivity contribution in [1.29, 1.82) is 0 Å². The van der Waals surface area contributed by atoms with E-state index in [2.05, 4.69) is 15.3 Å². The molecule has 0 aromatic carbocycles. The first kappa shape index (κ1) is 15.2. The molecule has 1 aliphatic rings. The molecule has 1 aliphatic heterocycles. The van der Waals surface area contributed by atoms with Crippen LogP contribution in [-0.4, -0.2) is 36.2 Å². The molecule has 1 N–H and O–H groups in total. The minimum absolute atomic E-state index is 0.145. The predicted octanol–water partition coefficient (Wildman–Crippen LogP) is 2.95. The van der Waals surface area contributed by atoms with Crippen LogP contribution in [0, 0.1) is 6.92 Å². The number of aromatic nitrogens is 1. The normalized spacial score (nSPS) is 18.3. The van der Waals surface area contributed by atoms with Gasteiger partial charge in [-0.2, -0.15) is 13.2 Å². The molecule has 0 amide bonds. The maximum Gasteiger partial charge on any atom is 0.411 e. The van der Waals surface area contributed by atoms with E-state index in [0.29, 0.717) is 29.2 Å². The van der Waals surface area contributed by atoms with Crippen molar-refractivity contribution in [1.82, 2.24) is 4.98 Å². The molecule has 0 bridgehead atoms. The summed E-state index contributed by atoms with van der Waals surface area (Å²) in [5, 5.41) is 2.99. The molecule has 2 rings (SSSR count). The lowest BCUT2D eigenvalue weighted by molar-refractivity contribution is -0.146. The third-order valence-electron chi connectivity index (χ3n) is 3.13. The fraction of sp³-hybridized carbons (Fsp3) is 0.357. The number of hydrogen-bond donors (Lipinski definition) is 1. The molecule has 0 saturated carbocycles. The Hall–Kier alpha value is -2.18. The van der Waals surface area contributed by atoms with Crippen molar-refractivity contribution in [3.8, 4) is 0 Å². The Bertz CT molecular complexity index is 594. The van der Waals surface area contributed by atoms with Gasteiger partial charge in [0, 0.05) is 18.3 Å². The zero-order valence-electron chi connectivity index (χ0n) is 11.3. The summed E-state index contributed by atoms with van der Waals surface area (Å²) >= 11 is 0. The summed E-state index contributed by atoms with van der Waals surface area (Å²) in [6.07, 6.45) is -0.964. The quantitative estimate of drug-likeness (QED) is 0.869. The van der Waals surface area contributed by atoms with E-state index in [9.17, 15) is 18.0 Å². The van der Waals surface area contributed by atoms with Gasteiger partial charge in [-0.15, -0.1) is 0 Å². The number of alkyl halides is 3. The Labute approximate surface area is 119 Å². The van der Waals surface area contributed by atoms with E-state index < -0.39 is 12.2 Å². The Balaban J connectivity index is 1.93.